The van der Waals surface area contributed by atoms with Crippen molar-refractivity contribution >= 4 is 53.2 Å². The van der Waals surface area contributed by atoms with Crippen LogP contribution in [0.2, 0.25) is 0 Å². The molecule has 10 heteroatoms. The highest BCUT2D eigenvalue weighted by atomic mass is 32.2. The van der Waals surface area contributed by atoms with Gasteiger partial charge in [0.1, 0.15) is 19.8 Å². The van der Waals surface area contributed by atoms with Gasteiger partial charge in [-0.15, -0.1) is 0 Å². The molecule has 0 fully saturated rings. The van der Waals surface area contributed by atoms with E-state index in [1.807, 2.05) is 35.3 Å². The van der Waals surface area contributed by atoms with Gasteiger partial charge in [-0.2, -0.15) is 35.3 Å². The summed E-state index contributed by atoms with van der Waals surface area (Å²) < 4.78 is 16.7. The lowest BCUT2D eigenvalue weighted by atomic mass is 10.1. The molecular weight excluding hydrogens is 819 g/mol. The summed E-state index contributed by atoms with van der Waals surface area (Å²) in [4.78, 5) is 39.5. The van der Waals surface area contributed by atoms with Crippen LogP contribution in [-0.2, 0) is 28.6 Å². The first-order valence-electron chi connectivity index (χ1n) is 26.0. The second kappa shape index (κ2) is 52.0. The number of carbonyl (C=O) groups is 3. The zero-order valence-corrected chi connectivity index (χ0v) is 42.9. The smallest absolute Gasteiger partial charge is 0.306 e. The number of rotatable bonds is 51. The maximum absolute atomic E-state index is 12.5. The van der Waals surface area contributed by atoms with Crippen LogP contribution in [0.25, 0.3) is 0 Å². The molecule has 0 aromatic carbocycles. The number of hydrogen-bond donors (Lipinski definition) is 0. The molecule has 0 amide bonds. The molecule has 0 aliphatic rings. The summed E-state index contributed by atoms with van der Waals surface area (Å²) in [6.45, 7) is 9.15. The number of ether oxygens (including phenoxy) is 3. The summed E-state index contributed by atoms with van der Waals surface area (Å²) in [7, 11) is 0. The Balaban J connectivity index is 4.28. The van der Waals surface area contributed by atoms with E-state index in [4.69, 9.17) is 14.2 Å². The van der Waals surface area contributed by atoms with Crippen molar-refractivity contribution in [2.45, 2.75) is 233 Å². The molecule has 0 saturated carbocycles. The minimum Gasteiger partial charge on any atom is -0.464 e. The lowest BCUT2D eigenvalue weighted by molar-refractivity contribution is -0.144. The second-order valence-electron chi connectivity index (χ2n) is 17.1. The number of unbranched alkanes of at least 4 members (excludes halogenated alkanes) is 27. The summed E-state index contributed by atoms with van der Waals surface area (Å²) in [6, 6.07) is 0. The number of thioether (sulfide) groups is 3. The van der Waals surface area contributed by atoms with Crippen molar-refractivity contribution in [1.82, 2.24) is 4.90 Å². The molecule has 0 rings (SSSR count). The second-order valence-corrected chi connectivity index (χ2v) is 20.8. The van der Waals surface area contributed by atoms with E-state index >= 15 is 0 Å². The average molecular weight is 919 g/mol. The fraction of sp³-hybridized carbons (Fsp3) is 0.941. The predicted octanol–water partition coefficient (Wildman–Crippen LogP) is 15.1. The van der Waals surface area contributed by atoms with Gasteiger partial charge in [0.25, 0.3) is 0 Å². The Bertz CT molecular complexity index is 815. The first-order chi connectivity index (χ1) is 30.0. The van der Waals surface area contributed by atoms with Gasteiger partial charge in [-0.1, -0.05) is 194 Å². The Morgan fingerprint density at radius 2 is 0.525 bits per heavy atom. The number of esters is 3. The molecule has 0 saturated heterocycles. The maximum Gasteiger partial charge on any atom is 0.306 e. The van der Waals surface area contributed by atoms with Crippen molar-refractivity contribution < 1.29 is 28.6 Å². The molecule has 0 aromatic heterocycles. The van der Waals surface area contributed by atoms with Crippen molar-refractivity contribution in [3.05, 3.63) is 0 Å². The Kier molecular flexibility index (Phi) is 51.6. The molecule has 0 heterocycles. The van der Waals surface area contributed by atoms with Gasteiger partial charge in [-0.25, -0.2) is 0 Å². The van der Waals surface area contributed by atoms with E-state index in [1.54, 1.807) is 0 Å². The molecule has 0 bridgehead atoms. The van der Waals surface area contributed by atoms with E-state index in [0.717, 1.165) is 34.5 Å². The van der Waals surface area contributed by atoms with Crippen LogP contribution in [0.4, 0.5) is 0 Å². The Morgan fingerprint density at radius 1 is 0.311 bits per heavy atom. The molecule has 7 nitrogen and oxygen atoms in total. The minimum absolute atomic E-state index is 0.168. The molecule has 362 valence electrons. The van der Waals surface area contributed by atoms with Crippen LogP contribution in [0.5, 0.6) is 0 Å². The quantitative estimate of drug-likeness (QED) is 0.0334. The van der Waals surface area contributed by atoms with Crippen molar-refractivity contribution in [2.75, 3.05) is 74.0 Å². The Labute approximate surface area is 391 Å². The van der Waals surface area contributed by atoms with Crippen LogP contribution < -0.4 is 0 Å². The summed E-state index contributed by atoms with van der Waals surface area (Å²) in [5.74, 6) is 5.18. The standard InChI is InChI=1S/C51H99NO6S3/c1-4-7-10-13-16-19-22-25-28-31-43-59-46-34-49(53)56-40-37-52(38-41-57-50(54)35-47-60-44-32-29-26-23-20-17-14-11-8-5-2)39-42-58-51(55)36-48-61-45-33-30-27-24-21-18-15-12-9-6-3/h4-48H2,1-3H3. The molecule has 0 unspecified atom stereocenters. The third-order valence-electron chi connectivity index (χ3n) is 11.3. The monoisotopic (exact) mass is 918 g/mol. The van der Waals surface area contributed by atoms with E-state index < -0.39 is 0 Å². The van der Waals surface area contributed by atoms with Crippen molar-refractivity contribution in [3.8, 4) is 0 Å². The summed E-state index contributed by atoms with van der Waals surface area (Å²) in [5, 5.41) is 0. The summed E-state index contributed by atoms with van der Waals surface area (Å²) >= 11 is 5.53. The van der Waals surface area contributed by atoms with Crippen molar-refractivity contribution in [3.63, 3.8) is 0 Å². The van der Waals surface area contributed by atoms with Gasteiger partial charge in [0, 0.05) is 36.9 Å². The van der Waals surface area contributed by atoms with Gasteiger partial charge in [0.15, 0.2) is 0 Å². The van der Waals surface area contributed by atoms with Gasteiger partial charge >= 0.3 is 17.9 Å². The van der Waals surface area contributed by atoms with E-state index in [2.05, 4.69) is 25.7 Å². The molecule has 0 aliphatic carbocycles. The fourth-order valence-corrected chi connectivity index (χ4v) is 10.0. The number of hydrogen-bond acceptors (Lipinski definition) is 10. The van der Waals surface area contributed by atoms with Crippen LogP contribution in [0.3, 0.4) is 0 Å². The minimum atomic E-state index is -0.168. The van der Waals surface area contributed by atoms with Crippen LogP contribution in [0.15, 0.2) is 0 Å². The van der Waals surface area contributed by atoms with E-state index in [9.17, 15) is 14.4 Å². The molecule has 0 aliphatic heterocycles. The predicted molar refractivity (Wildman–Crippen MR) is 271 cm³/mol. The molecule has 0 spiro atoms. The molecule has 0 N–H and O–H groups in total. The normalized spacial score (nSPS) is 11.4. The topological polar surface area (TPSA) is 82.1 Å². The number of nitrogens with zero attached hydrogens (tertiary/aromatic N) is 1. The maximum atomic E-state index is 12.5. The highest BCUT2D eigenvalue weighted by molar-refractivity contribution is 7.99. The van der Waals surface area contributed by atoms with Gasteiger partial charge < -0.3 is 14.2 Å². The van der Waals surface area contributed by atoms with Crippen molar-refractivity contribution in [1.29, 1.82) is 0 Å². The first kappa shape index (κ1) is 60.4. The third-order valence-corrected chi connectivity index (χ3v) is 14.5. The van der Waals surface area contributed by atoms with E-state index in [-0.39, 0.29) is 37.7 Å². The lowest BCUT2D eigenvalue weighted by Gasteiger charge is -2.22. The van der Waals surface area contributed by atoms with Gasteiger partial charge in [0.05, 0.1) is 19.3 Å². The largest absolute Gasteiger partial charge is 0.464 e. The Hall–Kier alpha value is -0.580. The molecule has 61 heavy (non-hydrogen) atoms. The number of carbonyl (C=O) groups excluding carboxylic acids is 3. The zero-order chi connectivity index (χ0) is 44.4. The van der Waals surface area contributed by atoms with Crippen LogP contribution in [-0.4, -0.2) is 96.8 Å². The van der Waals surface area contributed by atoms with Crippen LogP contribution in [0, 0.1) is 0 Å². The fourth-order valence-electron chi connectivity index (χ4n) is 7.27. The lowest BCUT2D eigenvalue weighted by Crippen LogP contribution is -2.35. The van der Waals surface area contributed by atoms with Crippen LogP contribution >= 0.6 is 35.3 Å². The Morgan fingerprint density at radius 3 is 0.754 bits per heavy atom. The van der Waals surface area contributed by atoms with E-state index in [1.165, 1.54) is 193 Å². The van der Waals surface area contributed by atoms with Crippen LogP contribution in [0.1, 0.15) is 233 Å². The first-order valence-corrected chi connectivity index (χ1v) is 29.4. The summed E-state index contributed by atoms with van der Waals surface area (Å²) in [6.07, 6.45) is 41.4. The summed E-state index contributed by atoms with van der Waals surface area (Å²) in [5.41, 5.74) is 0. The van der Waals surface area contributed by atoms with Gasteiger partial charge in [-0.05, 0) is 36.5 Å². The molecule has 0 aromatic rings. The highest BCUT2D eigenvalue weighted by Gasteiger charge is 2.12. The SMILES string of the molecule is CCCCCCCCCCCCSCCC(=O)OCCN(CCOC(=O)CCSCCCCCCCCCCCC)CCOC(=O)CCSCCCCCCCCCCCC. The molecular formula is C51H99NO6S3. The van der Waals surface area contributed by atoms with Gasteiger partial charge in [0.2, 0.25) is 0 Å². The van der Waals surface area contributed by atoms with Gasteiger partial charge in [-0.3, -0.25) is 19.3 Å². The average Bonchev–Trinajstić information content (AvgIpc) is 3.25. The van der Waals surface area contributed by atoms with E-state index in [0.29, 0.717) is 38.9 Å². The molecule has 0 radical (unpaired) electrons. The highest BCUT2D eigenvalue weighted by Crippen LogP contribution is 2.16. The van der Waals surface area contributed by atoms with Crippen molar-refractivity contribution in [2.24, 2.45) is 0 Å². The molecule has 0 atom stereocenters. The zero-order valence-electron chi connectivity index (χ0n) is 40.4. The third kappa shape index (κ3) is 50.3.